The Hall–Kier alpha value is -1.52. The van der Waals surface area contributed by atoms with Gasteiger partial charge in [0, 0.05) is 26.6 Å². The minimum atomic E-state index is -0.0883. The number of unbranched alkanes of at least 4 members (excludes halogenated alkanes) is 3. The molecule has 0 aromatic heterocycles. The van der Waals surface area contributed by atoms with Gasteiger partial charge in [-0.15, -0.1) is 6.58 Å². The molecule has 0 aromatic rings. The molecule has 0 rings (SSSR count). The van der Waals surface area contributed by atoms with Crippen molar-refractivity contribution in [1.82, 2.24) is 10.6 Å². The molecule has 110 valence electrons. The topological polar surface area (TPSA) is 62.7 Å². The maximum Gasteiger partial charge on any atom is 0.305 e. The molecule has 0 saturated heterocycles. The summed E-state index contributed by atoms with van der Waals surface area (Å²) in [6, 6.07) is 0. The first-order chi connectivity index (χ1) is 9.24. The summed E-state index contributed by atoms with van der Waals surface area (Å²) in [5.74, 6) is 0.709. The number of rotatable bonds is 10. The monoisotopic (exact) mass is 269 g/mol. The molecule has 0 fully saturated rings. The number of ether oxygens (including phenoxy) is 1. The van der Waals surface area contributed by atoms with Crippen molar-refractivity contribution in [2.45, 2.75) is 39.0 Å². The lowest BCUT2D eigenvalue weighted by Gasteiger charge is -2.10. The number of carbonyl (C=O) groups excluding carboxylic acids is 1. The van der Waals surface area contributed by atoms with E-state index in [0.29, 0.717) is 19.6 Å². The van der Waals surface area contributed by atoms with Gasteiger partial charge in [0.2, 0.25) is 0 Å². The Morgan fingerprint density at radius 3 is 2.63 bits per heavy atom. The summed E-state index contributed by atoms with van der Waals surface area (Å²) >= 11 is 0. The van der Waals surface area contributed by atoms with E-state index >= 15 is 0 Å². The van der Waals surface area contributed by atoms with Gasteiger partial charge in [-0.2, -0.15) is 0 Å². The largest absolute Gasteiger partial charge is 0.466 e. The molecule has 0 spiro atoms. The Kier molecular flexibility index (Phi) is 11.9. The zero-order chi connectivity index (χ0) is 14.3. The van der Waals surface area contributed by atoms with Gasteiger partial charge in [0.15, 0.2) is 5.96 Å². The van der Waals surface area contributed by atoms with Crippen LogP contribution < -0.4 is 10.6 Å². The van der Waals surface area contributed by atoms with Crippen LogP contribution >= 0.6 is 0 Å². The van der Waals surface area contributed by atoms with E-state index in [1.165, 1.54) is 0 Å². The van der Waals surface area contributed by atoms with E-state index in [1.807, 2.05) is 6.92 Å². The quantitative estimate of drug-likeness (QED) is 0.209. The van der Waals surface area contributed by atoms with Crippen molar-refractivity contribution in [3.05, 3.63) is 12.7 Å². The van der Waals surface area contributed by atoms with Gasteiger partial charge < -0.3 is 15.4 Å². The smallest absolute Gasteiger partial charge is 0.305 e. The van der Waals surface area contributed by atoms with Gasteiger partial charge in [0.05, 0.1) is 6.61 Å². The second-order valence-electron chi connectivity index (χ2n) is 4.14. The highest BCUT2D eigenvalue weighted by Crippen LogP contribution is 2.03. The first-order valence-corrected chi connectivity index (χ1v) is 6.95. The van der Waals surface area contributed by atoms with E-state index in [4.69, 9.17) is 4.74 Å². The predicted octanol–water partition coefficient (Wildman–Crippen LogP) is 1.85. The number of aliphatic imine (C=N–C) groups is 1. The van der Waals surface area contributed by atoms with Crippen LogP contribution in [0.1, 0.15) is 39.0 Å². The summed E-state index contributed by atoms with van der Waals surface area (Å²) in [6.07, 6.45) is 6.45. The summed E-state index contributed by atoms with van der Waals surface area (Å²) < 4.78 is 4.87. The van der Waals surface area contributed by atoms with Gasteiger partial charge in [-0.25, -0.2) is 0 Å². The van der Waals surface area contributed by atoms with Crippen molar-refractivity contribution in [3.8, 4) is 0 Å². The zero-order valence-corrected chi connectivity index (χ0v) is 12.2. The van der Waals surface area contributed by atoms with Crippen LogP contribution in [0.25, 0.3) is 0 Å². The Bertz CT molecular complexity index is 278. The molecular formula is C14H27N3O2. The van der Waals surface area contributed by atoms with E-state index in [1.54, 1.807) is 13.1 Å². The van der Waals surface area contributed by atoms with Crippen molar-refractivity contribution in [1.29, 1.82) is 0 Å². The third-order valence-electron chi connectivity index (χ3n) is 2.54. The van der Waals surface area contributed by atoms with Crippen molar-refractivity contribution in [2.75, 3.05) is 26.7 Å². The van der Waals surface area contributed by atoms with Crippen LogP contribution in [0.15, 0.2) is 17.6 Å². The van der Waals surface area contributed by atoms with E-state index in [-0.39, 0.29) is 5.97 Å². The Labute approximate surface area is 116 Å². The first kappa shape index (κ1) is 17.5. The Morgan fingerprint density at radius 1 is 1.26 bits per heavy atom. The van der Waals surface area contributed by atoms with E-state index in [9.17, 15) is 4.79 Å². The minimum Gasteiger partial charge on any atom is -0.466 e. The maximum atomic E-state index is 11.1. The molecule has 0 atom stereocenters. The average molecular weight is 269 g/mol. The van der Waals surface area contributed by atoms with Crippen molar-refractivity contribution < 1.29 is 9.53 Å². The fraction of sp³-hybridized carbons (Fsp3) is 0.714. The van der Waals surface area contributed by atoms with E-state index in [0.717, 1.165) is 38.2 Å². The van der Waals surface area contributed by atoms with Gasteiger partial charge in [-0.1, -0.05) is 18.9 Å². The van der Waals surface area contributed by atoms with E-state index < -0.39 is 0 Å². The Balaban J connectivity index is 3.39. The minimum absolute atomic E-state index is 0.0883. The lowest BCUT2D eigenvalue weighted by atomic mass is 10.1. The standard InChI is InChI=1S/C14H27N3O2/c1-4-11-16-14(15-3)17-12-9-7-6-8-10-13(18)19-5-2/h4H,1,5-12H2,2-3H3,(H2,15,16,17). The van der Waals surface area contributed by atoms with Gasteiger partial charge >= 0.3 is 5.97 Å². The maximum absolute atomic E-state index is 11.1. The van der Waals surface area contributed by atoms with Gasteiger partial charge in [-0.05, 0) is 19.8 Å². The van der Waals surface area contributed by atoms with Crippen LogP contribution in [0.4, 0.5) is 0 Å². The van der Waals surface area contributed by atoms with Crippen LogP contribution in [0.2, 0.25) is 0 Å². The second-order valence-corrected chi connectivity index (χ2v) is 4.14. The predicted molar refractivity (Wildman–Crippen MR) is 79.3 cm³/mol. The number of guanidine groups is 1. The molecule has 0 aliphatic carbocycles. The molecule has 0 radical (unpaired) electrons. The van der Waals surface area contributed by atoms with Gasteiger partial charge in [-0.3, -0.25) is 9.79 Å². The van der Waals surface area contributed by atoms with Crippen molar-refractivity contribution in [3.63, 3.8) is 0 Å². The van der Waals surface area contributed by atoms with Crippen LogP contribution in [0.5, 0.6) is 0 Å². The summed E-state index contributed by atoms with van der Waals surface area (Å²) in [7, 11) is 1.75. The molecule has 0 unspecified atom stereocenters. The molecule has 5 heteroatoms. The molecule has 0 bridgehead atoms. The van der Waals surface area contributed by atoms with Crippen molar-refractivity contribution in [2.24, 2.45) is 4.99 Å². The molecule has 0 amide bonds. The summed E-state index contributed by atoms with van der Waals surface area (Å²) in [5, 5.41) is 6.33. The van der Waals surface area contributed by atoms with Crippen LogP contribution in [0, 0.1) is 0 Å². The number of hydrogen-bond donors (Lipinski definition) is 2. The van der Waals surface area contributed by atoms with E-state index in [2.05, 4.69) is 22.2 Å². The summed E-state index contributed by atoms with van der Waals surface area (Å²) in [4.78, 5) is 15.2. The van der Waals surface area contributed by atoms with Crippen LogP contribution in [-0.4, -0.2) is 38.7 Å². The van der Waals surface area contributed by atoms with Crippen LogP contribution in [0.3, 0.4) is 0 Å². The average Bonchev–Trinajstić information content (AvgIpc) is 2.41. The number of esters is 1. The normalized spacial score (nSPS) is 10.9. The number of nitrogens with one attached hydrogen (secondary N) is 2. The third-order valence-corrected chi connectivity index (χ3v) is 2.54. The zero-order valence-electron chi connectivity index (χ0n) is 12.2. The fourth-order valence-electron chi connectivity index (χ4n) is 1.58. The Morgan fingerprint density at radius 2 is 2.00 bits per heavy atom. The SMILES string of the molecule is C=CCNC(=NC)NCCCCCCC(=O)OCC. The third kappa shape index (κ3) is 11.3. The molecule has 0 heterocycles. The number of nitrogens with zero attached hydrogens (tertiary/aromatic N) is 1. The number of carbonyl (C=O) groups is 1. The molecular weight excluding hydrogens is 242 g/mol. The van der Waals surface area contributed by atoms with Gasteiger partial charge in [0.1, 0.15) is 0 Å². The molecule has 0 aliphatic heterocycles. The van der Waals surface area contributed by atoms with Crippen LogP contribution in [-0.2, 0) is 9.53 Å². The molecule has 0 saturated carbocycles. The highest BCUT2D eigenvalue weighted by Gasteiger charge is 2.00. The molecule has 0 aromatic carbocycles. The highest BCUT2D eigenvalue weighted by atomic mass is 16.5. The molecule has 2 N–H and O–H groups in total. The summed E-state index contributed by atoms with van der Waals surface area (Å²) in [5.41, 5.74) is 0. The highest BCUT2D eigenvalue weighted by molar-refractivity contribution is 5.79. The van der Waals surface area contributed by atoms with Gasteiger partial charge in [0.25, 0.3) is 0 Å². The summed E-state index contributed by atoms with van der Waals surface area (Å²) in [6.45, 7) is 7.54. The molecule has 5 nitrogen and oxygen atoms in total. The second kappa shape index (κ2) is 12.9. The molecule has 19 heavy (non-hydrogen) atoms. The molecule has 0 aliphatic rings. The van der Waals surface area contributed by atoms with Crippen molar-refractivity contribution >= 4 is 11.9 Å². The lowest BCUT2D eigenvalue weighted by molar-refractivity contribution is -0.143. The first-order valence-electron chi connectivity index (χ1n) is 6.95. The fourth-order valence-corrected chi connectivity index (χ4v) is 1.58. The lowest BCUT2D eigenvalue weighted by Crippen LogP contribution is -2.37. The number of hydrogen-bond acceptors (Lipinski definition) is 3.